The first-order valence-electron chi connectivity index (χ1n) is 7.57. The Kier molecular flexibility index (Phi) is 4.52. The third-order valence-corrected chi connectivity index (χ3v) is 3.68. The van der Waals surface area contributed by atoms with Gasteiger partial charge in [0.05, 0.1) is 18.4 Å². The molecule has 0 atom stereocenters. The van der Waals surface area contributed by atoms with Gasteiger partial charge in [0, 0.05) is 25.2 Å². The van der Waals surface area contributed by atoms with Crippen LogP contribution < -0.4 is 11.1 Å². The minimum atomic E-state index is 0.181. The van der Waals surface area contributed by atoms with Gasteiger partial charge in [-0.1, -0.05) is 30.3 Å². The second-order valence-electron chi connectivity index (χ2n) is 5.48. The molecule has 0 saturated heterocycles. The fourth-order valence-electron chi connectivity index (χ4n) is 2.42. The standard InChI is InChI=1S/C17H19N5O/c18-16-9-15(11-20-21-16)19-10-13-4-6-14(7-5-13)12-22-8-2-1-3-17(22)23/h2,4-9,11H,1,3,10,12H2,(H3,18,19,21). The number of hydrogen-bond donors (Lipinski definition) is 2. The number of nitrogens with two attached hydrogens (primary N) is 1. The smallest absolute Gasteiger partial charge is 0.227 e. The van der Waals surface area contributed by atoms with Crippen LogP contribution in [0.2, 0.25) is 0 Å². The molecule has 118 valence electrons. The van der Waals surface area contributed by atoms with Gasteiger partial charge in [-0.05, 0) is 17.5 Å². The molecule has 1 amide bonds. The van der Waals surface area contributed by atoms with Crippen LogP contribution in [0.5, 0.6) is 0 Å². The normalized spacial score (nSPS) is 14.1. The maximum atomic E-state index is 11.8. The van der Waals surface area contributed by atoms with E-state index in [9.17, 15) is 4.79 Å². The molecule has 2 aromatic rings. The Balaban J connectivity index is 1.57. The lowest BCUT2D eigenvalue weighted by Crippen LogP contribution is -2.27. The fourth-order valence-corrected chi connectivity index (χ4v) is 2.42. The minimum Gasteiger partial charge on any atom is -0.382 e. The Morgan fingerprint density at radius 1 is 1.22 bits per heavy atom. The molecule has 1 aliphatic heterocycles. The zero-order valence-electron chi connectivity index (χ0n) is 12.8. The van der Waals surface area contributed by atoms with Crippen molar-refractivity contribution in [3.63, 3.8) is 0 Å². The van der Waals surface area contributed by atoms with Crippen LogP contribution in [0.3, 0.4) is 0 Å². The van der Waals surface area contributed by atoms with Crippen LogP contribution >= 0.6 is 0 Å². The van der Waals surface area contributed by atoms with Crippen molar-refractivity contribution in [3.8, 4) is 0 Å². The quantitative estimate of drug-likeness (QED) is 0.885. The van der Waals surface area contributed by atoms with Gasteiger partial charge in [0.1, 0.15) is 5.82 Å². The highest BCUT2D eigenvalue weighted by Crippen LogP contribution is 2.14. The van der Waals surface area contributed by atoms with E-state index in [-0.39, 0.29) is 5.91 Å². The van der Waals surface area contributed by atoms with Crippen LogP contribution in [0, 0.1) is 0 Å². The van der Waals surface area contributed by atoms with E-state index in [2.05, 4.69) is 27.6 Å². The Morgan fingerprint density at radius 3 is 2.74 bits per heavy atom. The van der Waals surface area contributed by atoms with E-state index in [1.54, 1.807) is 17.2 Å². The first-order valence-corrected chi connectivity index (χ1v) is 7.57. The Hall–Kier alpha value is -2.89. The molecule has 0 aliphatic carbocycles. The summed E-state index contributed by atoms with van der Waals surface area (Å²) >= 11 is 0. The molecule has 6 nitrogen and oxygen atoms in total. The van der Waals surface area contributed by atoms with Crippen molar-refractivity contribution in [2.24, 2.45) is 0 Å². The van der Waals surface area contributed by atoms with E-state index in [1.165, 1.54) is 0 Å². The number of amides is 1. The van der Waals surface area contributed by atoms with Crippen molar-refractivity contribution < 1.29 is 4.79 Å². The number of anilines is 2. The molecule has 0 unspecified atom stereocenters. The summed E-state index contributed by atoms with van der Waals surface area (Å²) in [5, 5.41) is 10.8. The van der Waals surface area contributed by atoms with E-state index in [0.29, 0.717) is 25.3 Å². The van der Waals surface area contributed by atoms with Gasteiger partial charge in [0.15, 0.2) is 0 Å². The number of benzene rings is 1. The fraction of sp³-hybridized carbons (Fsp3) is 0.235. The molecule has 0 fully saturated rings. The van der Waals surface area contributed by atoms with Gasteiger partial charge in [-0.15, -0.1) is 5.10 Å². The molecule has 23 heavy (non-hydrogen) atoms. The van der Waals surface area contributed by atoms with Gasteiger partial charge >= 0.3 is 0 Å². The molecule has 0 saturated carbocycles. The van der Waals surface area contributed by atoms with E-state index in [0.717, 1.165) is 23.2 Å². The SMILES string of the molecule is Nc1cc(NCc2ccc(CN3C=CCCC3=O)cc2)cnn1. The molecular formula is C17H19N5O. The minimum absolute atomic E-state index is 0.181. The second-order valence-corrected chi connectivity index (χ2v) is 5.48. The molecule has 0 spiro atoms. The summed E-state index contributed by atoms with van der Waals surface area (Å²) in [7, 11) is 0. The molecule has 0 bridgehead atoms. The number of aromatic nitrogens is 2. The first-order chi connectivity index (χ1) is 11.2. The summed E-state index contributed by atoms with van der Waals surface area (Å²) in [4.78, 5) is 13.6. The van der Waals surface area contributed by atoms with Gasteiger partial charge in [0.2, 0.25) is 5.91 Å². The van der Waals surface area contributed by atoms with E-state index >= 15 is 0 Å². The van der Waals surface area contributed by atoms with Crippen molar-refractivity contribution in [2.75, 3.05) is 11.1 Å². The number of carbonyl (C=O) groups excluding carboxylic acids is 1. The van der Waals surface area contributed by atoms with Crippen LogP contribution in [0.1, 0.15) is 24.0 Å². The third-order valence-electron chi connectivity index (χ3n) is 3.68. The summed E-state index contributed by atoms with van der Waals surface area (Å²) in [6.07, 6.45) is 6.99. The predicted octanol–water partition coefficient (Wildman–Crippen LogP) is 2.31. The maximum absolute atomic E-state index is 11.8. The molecular weight excluding hydrogens is 290 g/mol. The summed E-state index contributed by atoms with van der Waals surface area (Å²) in [6.45, 7) is 1.29. The Bertz CT molecular complexity index is 711. The van der Waals surface area contributed by atoms with Crippen molar-refractivity contribution in [1.82, 2.24) is 15.1 Å². The highest BCUT2D eigenvalue weighted by molar-refractivity contribution is 5.78. The molecule has 0 radical (unpaired) electrons. The van der Waals surface area contributed by atoms with Crippen LogP contribution in [0.25, 0.3) is 0 Å². The monoisotopic (exact) mass is 309 g/mol. The average molecular weight is 309 g/mol. The lowest BCUT2D eigenvalue weighted by Gasteiger charge is -2.21. The van der Waals surface area contributed by atoms with Crippen molar-refractivity contribution in [1.29, 1.82) is 0 Å². The summed E-state index contributed by atoms with van der Waals surface area (Å²) in [5.74, 6) is 0.575. The number of carbonyl (C=O) groups is 1. The van der Waals surface area contributed by atoms with E-state index in [1.807, 2.05) is 24.4 Å². The average Bonchev–Trinajstić information content (AvgIpc) is 2.56. The van der Waals surface area contributed by atoms with Crippen molar-refractivity contribution >= 4 is 17.4 Å². The van der Waals surface area contributed by atoms with Gasteiger partial charge in [-0.3, -0.25) is 4.79 Å². The lowest BCUT2D eigenvalue weighted by molar-refractivity contribution is -0.129. The molecule has 1 aliphatic rings. The molecule has 3 N–H and O–H groups in total. The zero-order valence-corrected chi connectivity index (χ0v) is 12.8. The van der Waals surface area contributed by atoms with Gasteiger partial charge < -0.3 is 16.0 Å². The number of hydrogen-bond acceptors (Lipinski definition) is 5. The maximum Gasteiger partial charge on any atom is 0.227 e. The highest BCUT2D eigenvalue weighted by atomic mass is 16.2. The third kappa shape index (κ3) is 4.06. The summed E-state index contributed by atoms with van der Waals surface area (Å²) in [6, 6.07) is 9.95. The number of rotatable bonds is 5. The van der Waals surface area contributed by atoms with Crippen LogP contribution in [-0.2, 0) is 17.9 Å². The van der Waals surface area contributed by atoms with Gasteiger partial charge in [-0.2, -0.15) is 5.10 Å². The molecule has 2 heterocycles. The number of nitrogen functional groups attached to an aromatic ring is 1. The van der Waals surface area contributed by atoms with Gasteiger partial charge in [-0.25, -0.2) is 0 Å². The van der Waals surface area contributed by atoms with Crippen LogP contribution in [-0.4, -0.2) is 21.0 Å². The first kappa shape index (κ1) is 15.0. The predicted molar refractivity (Wildman–Crippen MR) is 89.1 cm³/mol. The van der Waals surface area contributed by atoms with Crippen molar-refractivity contribution in [2.45, 2.75) is 25.9 Å². The Morgan fingerprint density at radius 2 is 2.00 bits per heavy atom. The Labute approximate surface area is 135 Å². The largest absolute Gasteiger partial charge is 0.382 e. The molecule has 1 aromatic carbocycles. The molecule has 1 aromatic heterocycles. The highest BCUT2D eigenvalue weighted by Gasteiger charge is 2.13. The summed E-state index contributed by atoms with van der Waals surface area (Å²) in [5.41, 5.74) is 8.69. The topological polar surface area (TPSA) is 84.1 Å². The molecule has 3 rings (SSSR count). The zero-order chi connectivity index (χ0) is 16.1. The number of allylic oxidation sites excluding steroid dienone is 1. The number of nitrogens with one attached hydrogen (secondary N) is 1. The van der Waals surface area contributed by atoms with Crippen LogP contribution in [0.15, 0.2) is 48.8 Å². The van der Waals surface area contributed by atoms with Gasteiger partial charge in [0.25, 0.3) is 0 Å². The van der Waals surface area contributed by atoms with E-state index in [4.69, 9.17) is 5.73 Å². The second kappa shape index (κ2) is 6.91. The van der Waals surface area contributed by atoms with Crippen molar-refractivity contribution in [3.05, 3.63) is 59.9 Å². The van der Waals surface area contributed by atoms with E-state index < -0.39 is 0 Å². The van der Waals surface area contributed by atoms with Crippen LogP contribution in [0.4, 0.5) is 11.5 Å². The molecule has 6 heteroatoms. The summed E-state index contributed by atoms with van der Waals surface area (Å²) < 4.78 is 0. The number of nitrogens with zero attached hydrogens (tertiary/aromatic N) is 3. The lowest BCUT2D eigenvalue weighted by atomic mass is 10.1.